The van der Waals surface area contributed by atoms with E-state index < -0.39 is 0 Å². The van der Waals surface area contributed by atoms with Gasteiger partial charge < -0.3 is 13.9 Å². The van der Waals surface area contributed by atoms with Crippen LogP contribution in [0.15, 0.2) is 60.3 Å². The molecule has 2 aromatic carbocycles. The third-order valence-electron chi connectivity index (χ3n) is 4.29. The highest BCUT2D eigenvalue weighted by Gasteiger charge is 2.12. The lowest BCUT2D eigenvalue weighted by atomic mass is 10.0. The van der Waals surface area contributed by atoms with Crippen molar-refractivity contribution < 1.29 is 4.74 Å². The average molecular weight is 365 g/mol. The summed E-state index contributed by atoms with van der Waals surface area (Å²) < 4.78 is 9.61. The molecule has 0 aliphatic heterocycles. The van der Waals surface area contributed by atoms with Crippen LogP contribution in [0.3, 0.4) is 0 Å². The number of ether oxygens (including phenoxy) is 1. The van der Waals surface area contributed by atoms with E-state index in [0.717, 1.165) is 45.4 Å². The van der Waals surface area contributed by atoms with Crippen LogP contribution in [0, 0.1) is 0 Å². The zero-order chi connectivity index (χ0) is 17.9. The number of hydrogen-bond donors (Lipinski definition) is 0. The maximum absolute atomic E-state index is 5.50. The Bertz CT molecular complexity index is 1040. The number of nitrogens with zero attached hydrogens (tertiary/aromatic N) is 5. The van der Waals surface area contributed by atoms with Crippen molar-refractivity contribution in [3.8, 4) is 17.1 Å². The SMILES string of the molecule is COc1ccc(-c2nccn2CCSc2nncn2C)c2ccccc12. The first kappa shape index (κ1) is 16.7. The monoisotopic (exact) mass is 365 g/mol. The molecule has 2 heterocycles. The Morgan fingerprint density at radius 3 is 2.73 bits per heavy atom. The fraction of sp³-hybridized carbons (Fsp3) is 0.211. The van der Waals surface area contributed by atoms with Crippen molar-refractivity contribution in [2.24, 2.45) is 7.05 Å². The molecule has 0 bridgehead atoms. The maximum atomic E-state index is 5.50. The Morgan fingerprint density at radius 1 is 1.12 bits per heavy atom. The molecule has 0 saturated carbocycles. The molecule has 0 N–H and O–H groups in total. The van der Waals surface area contributed by atoms with Crippen LogP contribution in [-0.2, 0) is 13.6 Å². The first-order valence-electron chi connectivity index (χ1n) is 8.32. The van der Waals surface area contributed by atoms with Gasteiger partial charge in [0.25, 0.3) is 0 Å². The molecule has 2 aromatic heterocycles. The molecule has 26 heavy (non-hydrogen) atoms. The van der Waals surface area contributed by atoms with Crippen molar-refractivity contribution >= 4 is 22.5 Å². The summed E-state index contributed by atoms with van der Waals surface area (Å²) in [6.07, 6.45) is 5.58. The first-order valence-corrected chi connectivity index (χ1v) is 9.30. The topological polar surface area (TPSA) is 57.8 Å². The van der Waals surface area contributed by atoms with E-state index in [1.165, 1.54) is 0 Å². The average Bonchev–Trinajstić information content (AvgIpc) is 3.30. The van der Waals surface area contributed by atoms with Gasteiger partial charge in [0, 0.05) is 42.7 Å². The van der Waals surface area contributed by atoms with Crippen molar-refractivity contribution in [3.05, 3.63) is 55.1 Å². The fourth-order valence-electron chi connectivity index (χ4n) is 3.02. The van der Waals surface area contributed by atoms with Gasteiger partial charge in [-0.1, -0.05) is 36.0 Å². The summed E-state index contributed by atoms with van der Waals surface area (Å²) >= 11 is 1.69. The summed E-state index contributed by atoms with van der Waals surface area (Å²) in [4.78, 5) is 4.60. The number of benzene rings is 2. The van der Waals surface area contributed by atoms with E-state index in [1.54, 1.807) is 25.2 Å². The molecule has 6 nitrogen and oxygen atoms in total. The zero-order valence-electron chi connectivity index (χ0n) is 14.7. The predicted octanol–water partition coefficient (Wildman–Crippen LogP) is 3.63. The summed E-state index contributed by atoms with van der Waals surface area (Å²) in [7, 11) is 3.65. The molecule has 7 heteroatoms. The van der Waals surface area contributed by atoms with E-state index in [4.69, 9.17) is 4.74 Å². The van der Waals surface area contributed by atoms with Crippen LogP contribution in [0.5, 0.6) is 5.75 Å². The van der Waals surface area contributed by atoms with Crippen molar-refractivity contribution in [3.63, 3.8) is 0 Å². The van der Waals surface area contributed by atoms with Gasteiger partial charge in [-0.15, -0.1) is 10.2 Å². The minimum Gasteiger partial charge on any atom is -0.496 e. The lowest BCUT2D eigenvalue weighted by molar-refractivity contribution is 0.420. The molecule has 0 fully saturated rings. The van der Waals surface area contributed by atoms with E-state index in [1.807, 2.05) is 42.2 Å². The minimum atomic E-state index is 0.840. The highest BCUT2D eigenvalue weighted by molar-refractivity contribution is 7.99. The van der Waals surface area contributed by atoms with Gasteiger partial charge in [-0.2, -0.15) is 0 Å². The van der Waals surface area contributed by atoms with E-state index in [0.29, 0.717) is 0 Å². The van der Waals surface area contributed by atoms with Gasteiger partial charge in [0.1, 0.15) is 17.9 Å². The van der Waals surface area contributed by atoms with Crippen LogP contribution < -0.4 is 4.74 Å². The van der Waals surface area contributed by atoms with Crippen molar-refractivity contribution in [1.29, 1.82) is 0 Å². The van der Waals surface area contributed by atoms with Crippen LogP contribution >= 0.6 is 11.8 Å². The second-order valence-electron chi connectivity index (χ2n) is 5.88. The Hall–Kier alpha value is -2.80. The summed E-state index contributed by atoms with van der Waals surface area (Å²) in [6, 6.07) is 12.3. The molecule has 0 aliphatic carbocycles. The summed E-state index contributed by atoms with van der Waals surface area (Å²) in [6.45, 7) is 0.840. The molecular weight excluding hydrogens is 346 g/mol. The van der Waals surface area contributed by atoms with E-state index in [2.05, 4.69) is 37.9 Å². The number of aromatic nitrogens is 5. The van der Waals surface area contributed by atoms with Crippen LogP contribution in [-0.4, -0.2) is 37.2 Å². The van der Waals surface area contributed by atoms with Crippen LogP contribution in [0.25, 0.3) is 22.2 Å². The highest BCUT2D eigenvalue weighted by atomic mass is 32.2. The number of imidazole rings is 1. The molecule has 0 spiro atoms. The standard InChI is InChI=1S/C19H19N5OS/c1-23-13-21-22-19(23)26-12-11-24-10-9-20-18(24)16-7-8-17(25-2)15-6-4-3-5-14(15)16/h3-10,13H,11-12H2,1-2H3. The number of rotatable bonds is 6. The molecule has 132 valence electrons. The summed E-state index contributed by atoms with van der Waals surface area (Å²) in [5.74, 6) is 2.73. The molecule has 0 amide bonds. The number of hydrogen-bond acceptors (Lipinski definition) is 5. The predicted molar refractivity (Wildman–Crippen MR) is 103 cm³/mol. The molecular formula is C19H19N5OS. The summed E-state index contributed by atoms with van der Waals surface area (Å²) in [5, 5.41) is 11.2. The van der Waals surface area contributed by atoms with Crippen molar-refractivity contribution in [1.82, 2.24) is 24.3 Å². The Balaban J connectivity index is 1.63. The van der Waals surface area contributed by atoms with Gasteiger partial charge >= 0.3 is 0 Å². The molecule has 4 rings (SSSR count). The number of thioether (sulfide) groups is 1. The fourth-order valence-corrected chi connectivity index (χ4v) is 3.84. The Labute approximate surface area is 155 Å². The van der Waals surface area contributed by atoms with Gasteiger partial charge in [-0.05, 0) is 17.5 Å². The lowest BCUT2D eigenvalue weighted by Gasteiger charge is -2.12. The number of fused-ring (bicyclic) bond motifs is 1. The number of aryl methyl sites for hydroxylation is 2. The van der Waals surface area contributed by atoms with Crippen LogP contribution in [0.2, 0.25) is 0 Å². The maximum Gasteiger partial charge on any atom is 0.190 e. The Kier molecular flexibility index (Phi) is 4.62. The molecule has 0 radical (unpaired) electrons. The van der Waals surface area contributed by atoms with Crippen LogP contribution in [0.1, 0.15) is 0 Å². The largest absolute Gasteiger partial charge is 0.496 e. The number of methoxy groups -OCH3 is 1. The van der Waals surface area contributed by atoms with E-state index >= 15 is 0 Å². The molecule has 0 saturated heterocycles. The van der Waals surface area contributed by atoms with Crippen LogP contribution in [0.4, 0.5) is 0 Å². The molecule has 0 aliphatic rings. The zero-order valence-corrected chi connectivity index (χ0v) is 15.5. The lowest BCUT2D eigenvalue weighted by Crippen LogP contribution is -2.03. The third kappa shape index (κ3) is 3.06. The first-order chi connectivity index (χ1) is 12.8. The third-order valence-corrected chi connectivity index (χ3v) is 5.31. The molecule has 4 aromatic rings. The van der Waals surface area contributed by atoms with Crippen molar-refractivity contribution in [2.45, 2.75) is 11.7 Å². The van der Waals surface area contributed by atoms with Gasteiger partial charge in [0.2, 0.25) is 0 Å². The van der Waals surface area contributed by atoms with Gasteiger partial charge in [0.15, 0.2) is 5.16 Å². The second-order valence-corrected chi connectivity index (χ2v) is 6.94. The minimum absolute atomic E-state index is 0.840. The van der Waals surface area contributed by atoms with Crippen molar-refractivity contribution in [2.75, 3.05) is 12.9 Å². The van der Waals surface area contributed by atoms with E-state index in [-0.39, 0.29) is 0 Å². The molecule has 0 unspecified atom stereocenters. The smallest absolute Gasteiger partial charge is 0.190 e. The van der Waals surface area contributed by atoms with E-state index in [9.17, 15) is 0 Å². The Morgan fingerprint density at radius 2 is 1.96 bits per heavy atom. The molecule has 0 atom stereocenters. The summed E-state index contributed by atoms with van der Waals surface area (Å²) in [5.41, 5.74) is 1.11. The van der Waals surface area contributed by atoms with Gasteiger partial charge in [0.05, 0.1) is 7.11 Å². The van der Waals surface area contributed by atoms with Gasteiger partial charge in [-0.3, -0.25) is 0 Å². The van der Waals surface area contributed by atoms with Gasteiger partial charge in [-0.25, -0.2) is 4.98 Å². The second kappa shape index (κ2) is 7.21. The normalized spacial score (nSPS) is 11.2. The quantitative estimate of drug-likeness (QED) is 0.488. The highest BCUT2D eigenvalue weighted by Crippen LogP contribution is 2.33.